The minimum atomic E-state index is -0.326. The van der Waals surface area contributed by atoms with Gasteiger partial charge in [0.1, 0.15) is 11.5 Å². The maximum absolute atomic E-state index is 11.6. The molecule has 0 aromatic heterocycles. The molecule has 1 aliphatic carbocycles. The standard InChI is InChI=1S/C29H36O2.2H2/c1-11-18-15-20(13-3)24(26(30)22(16-18)28(5,6)7)25-21(14-4)19(12-2)17-23(27(25)31)29(8,9)10;;/h11-14,16-17,30-31H,1-4,15H2,5-10H3;2*1H. The van der Waals surface area contributed by atoms with Crippen LogP contribution in [0.15, 0.2) is 73.1 Å². The van der Waals surface area contributed by atoms with Gasteiger partial charge in [-0.3, -0.25) is 0 Å². The molecular formula is C29H40O2. The number of aromatic hydroxyl groups is 1. The number of hydrogen-bond donors (Lipinski definition) is 2. The molecule has 2 nitrogen and oxygen atoms in total. The molecule has 31 heavy (non-hydrogen) atoms. The van der Waals surface area contributed by atoms with Crippen molar-refractivity contribution < 1.29 is 13.1 Å². The van der Waals surface area contributed by atoms with Crippen molar-refractivity contribution in [3.63, 3.8) is 0 Å². The number of aliphatic hydroxyl groups excluding tert-OH is 1. The maximum atomic E-state index is 11.6. The van der Waals surface area contributed by atoms with Crippen molar-refractivity contribution in [2.24, 2.45) is 5.41 Å². The quantitative estimate of drug-likeness (QED) is 0.499. The van der Waals surface area contributed by atoms with Crippen molar-refractivity contribution in [3.8, 4) is 5.75 Å². The van der Waals surface area contributed by atoms with Gasteiger partial charge in [-0.2, -0.15) is 0 Å². The molecule has 0 fully saturated rings. The fraction of sp³-hybridized carbons (Fsp3) is 0.310. The molecule has 1 aliphatic rings. The van der Waals surface area contributed by atoms with Gasteiger partial charge in [0, 0.05) is 25.1 Å². The van der Waals surface area contributed by atoms with Crippen LogP contribution in [0.1, 0.15) is 73.1 Å². The van der Waals surface area contributed by atoms with Gasteiger partial charge < -0.3 is 10.2 Å². The highest BCUT2D eigenvalue weighted by Gasteiger charge is 2.31. The number of rotatable bonds is 5. The van der Waals surface area contributed by atoms with Crippen molar-refractivity contribution in [1.29, 1.82) is 0 Å². The topological polar surface area (TPSA) is 40.5 Å². The van der Waals surface area contributed by atoms with Crippen LogP contribution in [0.4, 0.5) is 0 Å². The number of benzene rings is 1. The van der Waals surface area contributed by atoms with Crippen LogP contribution < -0.4 is 0 Å². The van der Waals surface area contributed by atoms with Gasteiger partial charge in [-0.15, -0.1) is 0 Å². The van der Waals surface area contributed by atoms with E-state index >= 15 is 0 Å². The van der Waals surface area contributed by atoms with Crippen LogP contribution in [-0.4, -0.2) is 10.2 Å². The minimum absolute atomic E-state index is 0. The molecule has 0 bridgehead atoms. The van der Waals surface area contributed by atoms with Crippen molar-refractivity contribution in [2.75, 3.05) is 0 Å². The van der Waals surface area contributed by atoms with E-state index in [1.165, 1.54) is 0 Å². The molecule has 0 atom stereocenters. The molecule has 0 spiro atoms. The van der Waals surface area contributed by atoms with Crippen molar-refractivity contribution in [3.05, 3.63) is 95.3 Å². The first-order valence-electron chi connectivity index (χ1n) is 10.6. The van der Waals surface area contributed by atoms with E-state index in [0.717, 1.165) is 33.4 Å². The van der Waals surface area contributed by atoms with E-state index in [0.29, 0.717) is 17.6 Å². The molecular weight excluding hydrogens is 380 g/mol. The van der Waals surface area contributed by atoms with Crippen molar-refractivity contribution >= 4 is 17.7 Å². The number of hydrogen-bond acceptors (Lipinski definition) is 2. The van der Waals surface area contributed by atoms with Crippen LogP contribution >= 0.6 is 0 Å². The first kappa shape index (κ1) is 24.3. The number of phenolic OH excluding ortho intramolecular Hbond substituents is 1. The molecule has 2 heteroatoms. The lowest BCUT2D eigenvalue weighted by molar-refractivity contribution is 0.400. The van der Waals surface area contributed by atoms with Gasteiger partial charge in [0.05, 0.1) is 0 Å². The summed E-state index contributed by atoms with van der Waals surface area (Å²) in [6.07, 6.45) is 9.57. The molecule has 1 aromatic rings. The van der Waals surface area contributed by atoms with Gasteiger partial charge in [-0.1, -0.05) is 98.2 Å². The first-order valence-corrected chi connectivity index (χ1v) is 10.6. The lowest BCUT2D eigenvalue weighted by Gasteiger charge is -2.27. The molecule has 0 heterocycles. The van der Waals surface area contributed by atoms with Gasteiger partial charge in [0.2, 0.25) is 0 Å². The third-order valence-electron chi connectivity index (χ3n) is 5.71. The van der Waals surface area contributed by atoms with E-state index in [-0.39, 0.29) is 25.2 Å². The molecule has 0 radical (unpaired) electrons. The van der Waals surface area contributed by atoms with E-state index in [1.807, 2.05) is 12.1 Å². The molecule has 0 amide bonds. The lowest BCUT2D eigenvalue weighted by Crippen LogP contribution is -2.15. The molecule has 0 saturated carbocycles. The Hall–Kier alpha value is -3.00. The number of allylic oxidation sites excluding steroid dienone is 7. The summed E-state index contributed by atoms with van der Waals surface area (Å²) in [5, 5.41) is 23.2. The molecule has 168 valence electrons. The summed E-state index contributed by atoms with van der Waals surface area (Å²) in [5.41, 5.74) is 5.46. The predicted octanol–water partition coefficient (Wildman–Crippen LogP) is 8.78. The summed E-state index contributed by atoms with van der Waals surface area (Å²) in [4.78, 5) is 0. The van der Waals surface area contributed by atoms with Gasteiger partial charge in [0.25, 0.3) is 0 Å². The Kier molecular flexibility index (Phi) is 6.75. The molecule has 2 rings (SSSR count). The summed E-state index contributed by atoms with van der Waals surface area (Å²) in [6, 6.07) is 1.95. The Morgan fingerprint density at radius 1 is 0.871 bits per heavy atom. The Labute approximate surface area is 191 Å². The SMILES string of the molecule is C=CC1=CC(C(C)(C)C)=C(O)C(c2c(O)c(C(C)(C)C)cc(C=C)c2C=C)=C(C=C)C1.[HH].[HH]. The van der Waals surface area contributed by atoms with E-state index < -0.39 is 0 Å². The average Bonchev–Trinajstić information content (AvgIpc) is 2.82. The molecule has 1 aromatic carbocycles. The average molecular weight is 421 g/mol. The third-order valence-corrected chi connectivity index (χ3v) is 5.71. The smallest absolute Gasteiger partial charge is 0.127 e. The highest BCUT2D eigenvalue weighted by atomic mass is 16.3. The van der Waals surface area contributed by atoms with Crippen molar-refractivity contribution in [2.45, 2.75) is 53.4 Å². The van der Waals surface area contributed by atoms with Crippen LogP contribution in [0.5, 0.6) is 5.75 Å². The lowest BCUT2D eigenvalue weighted by atomic mass is 9.78. The Balaban J connectivity index is 0.00000512. The van der Waals surface area contributed by atoms with Crippen LogP contribution in [0, 0.1) is 5.41 Å². The largest absolute Gasteiger partial charge is 0.507 e. The highest BCUT2D eigenvalue weighted by molar-refractivity contribution is 5.92. The number of phenols is 1. The molecule has 0 aliphatic heterocycles. The van der Waals surface area contributed by atoms with E-state index in [2.05, 4.69) is 67.9 Å². The van der Waals surface area contributed by atoms with Crippen LogP contribution in [0.25, 0.3) is 17.7 Å². The zero-order chi connectivity index (χ0) is 23.7. The molecule has 0 unspecified atom stereocenters. The minimum Gasteiger partial charge on any atom is -0.507 e. The fourth-order valence-corrected chi connectivity index (χ4v) is 3.98. The Bertz CT molecular complexity index is 1050. The van der Waals surface area contributed by atoms with Crippen LogP contribution in [-0.2, 0) is 5.41 Å². The van der Waals surface area contributed by atoms with E-state index in [9.17, 15) is 10.2 Å². The summed E-state index contributed by atoms with van der Waals surface area (Å²) in [7, 11) is 0. The summed E-state index contributed by atoms with van der Waals surface area (Å²) >= 11 is 0. The van der Waals surface area contributed by atoms with Gasteiger partial charge in [0.15, 0.2) is 0 Å². The summed E-state index contributed by atoms with van der Waals surface area (Å²) < 4.78 is 0. The molecule has 0 saturated heterocycles. The van der Waals surface area contributed by atoms with E-state index in [1.54, 1.807) is 24.3 Å². The van der Waals surface area contributed by atoms with Gasteiger partial charge in [-0.05, 0) is 45.6 Å². The second kappa shape index (κ2) is 8.63. The Morgan fingerprint density at radius 3 is 1.90 bits per heavy atom. The first-order chi connectivity index (χ1) is 14.3. The fourth-order valence-electron chi connectivity index (χ4n) is 3.98. The van der Waals surface area contributed by atoms with Gasteiger partial charge >= 0.3 is 0 Å². The summed E-state index contributed by atoms with van der Waals surface area (Å²) in [6.45, 7) is 28.2. The van der Waals surface area contributed by atoms with Gasteiger partial charge in [-0.25, -0.2) is 0 Å². The van der Waals surface area contributed by atoms with Crippen LogP contribution in [0.3, 0.4) is 0 Å². The predicted molar refractivity (Wildman–Crippen MR) is 140 cm³/mol. The second-order valence-corrected chi connectivity index (χ2v) is 10.0. The van der Waals surface area contributed by atoms with Crippen molar-refractivity contribution in [1.82, 2.24) is 0 Å². The Morgan fingerprint density at radius 2 is 1.48 bits per heavy atom. The van der Waals surface area contributed by atoms with Crippen LogP contribution in [0.2, 0.25) is 0 Å². The second-order valence-electron chi connectivity index (χ2n) is 10.0. The highest BCUT2D eigenvalue weighted by Crippen LogP contribution is 2.47. The third kappa shape index (κ3) is 4.54. The van der Waals surface area contributed by atoms with E-state index in [4.69, 9.17) is 0 Å². The number of aliphatic hydroxyl groups is 1. The normalized spacial score (nSPS) is 15.4. The zero-order valence-electron chi connectivity index (χ0n) is 19.9. The maximum Gasteiger partial charge on any atom is 0.127 e. The monoisotopic (exact) mass is 420 g/mol. The molecule has 2 N–H and O–H groups in total. The zero-order valence-corrected chi connectivity index (χ0v) is 19.9. The summed E-state index contributed by atoms with van der Waals surface area (Å²) in [5.74, 6) is 0.280.